The standard InChI is InChI=1S/C14H30N2O/c1-4-12-7-5-6-8-13(12)14(16-15)10-9-11(2)17-3/h11-14,16H,4-10,15H2,1-3H3. The lowest BCUT2D eigenvalue weighted by Gasteiger charge is -2.37. The summed E-state index contributed by atoms with van der Waals surface area (Å²) in [6, 6.07) is 0.470. The molecule has 1 aliphatic rings. The van der Waals surface area contributed by atoms with Crippen LogP contribution in [0.5, 0.6) is 0 Å². The third-order valence-electron chi connectivity index (χ3n) is 4.51. The van der Waals surface area contributed by atoms with Crippen LogP contribution in [0.4, 0.5) is 0 Å². The van der Waals surface area contributed by atoms with E-state index in [1.165, 1.54) is 32.1 Å². The van der Waals surface area contributed by atoms with E-state index in [1.54, 1.807) is 7.11 Å². The molecular weight excluding hydrogens is 212 g/mol. The minimum Gasteiger partial charge on any atom is -0.382 e. The van der Waals surface area contributed by atoms with Crippen molar-refractivity contribution in [3.05, 3.63) is 0 Å². The largest absolute Gasteiger partial charge is 0.382 e. The minimum absolute atomic E-state index is 0.342. The number of ether oxygens (including phenoxy) is 1. The Kier molecular flexibility index (Phi) is 7.09. The molecular formula is C14H30N2O. The van der Waals surface area contributed by atoms with Crippen molar-refractivity contribution in [2.75, 3.05) is 7.11 Å². The van der Waals surface area contributed by atoms with Crippen LogP contribution in [0.2, 0.25) is 0 Å². The molecule has 17 heavy (non-hydrogen) atoms. The summed E-state index contributed by atoms with van der Waals surface area (Å²) < 4.78 is 5.32. The Hall–Kier alpha value is -0.120. The second-order valence-corrected chi connectivity index (χ2v) is 5.51. The number of nitrogens with two attached hydrogens (primary N) is 1. The Morgan fingerprint density at radius 2 is 2.00 bits per heavy atom. The molecule has 0 aromatic heterocycles. The van der Waals surface area contributed by atoms with Crippen molar-refractivity contribution in [1.82, 2.24) is 5.43 Å². The zero-order valence-electron chi connectivity index (χ0n) is 11.7. The molecule has 0 aromatic carbocycles. The Labute approximate surface area is 106 Å². The van der Waals surface area contributed by atoms with E-state index in [0.717, 1.165) is 24.7 Å². The summed E-state index contributed by atoms with van der Waals surface area (Å²) in [5, 5.41) is 0. The highest BCUT2D eigenvalue weighted by Gasteiger charge is 2.30. The molecule has 102 valence electrons. The zero-order chi connectivity index (χ0) is 12.7. The number of hydrogen-bond acceptors (Lipinski definition) is 3. The Morgan fingerprint density at radius 3 is 2.59 bits per heavy atom. The highest BCUT2D eigenvalue weighted by atomic mass is 16.5. The molecule has 3 heteroatoms. The summed E-state index contributed by atoms with van der Waals surface area (Å²) in [7, 11) is 1.78. The summed E-state index contributed by atoms with van der Waals surface area (Å²) >= 11 is 0. The van der Waals surface area contributed by atoms with Crippen molar-refractivity contribution in [3.8, 4) is 0 Å². The van der Waals surface area contributed by atoms with Gasteiger partial charge in [0.1, 0.15) is 0 Å². The third kappa shape index (κ3) is 4.57. The summed E-state index contributed by atoms with van der Waals surface area (Å²) in [5.41, 5.74) is 3.06. The highest BCUT2D eigenvalue weighted by molar-refractivity contribution is 4.83. The maximum Gasteiger partial charge on any atom is 0.0543 e. The van der Waals surface area contributed by atoms with E-state index in [-0.39, 0.29) is 0 Å². The first-order valence-electron chi connectivity index (χ1n) is 7.21. The van der Waals surface area contributed by atoms with Crippen LogP contribution in [0.3, 0.4) is 0 Å². The second-order valence-electron chi connectivity index (χ2n) is 5.51. The molecule has 0 heterocycles. The van der Waals surface area contributed by atoms with E-state index >= 15 is 0 Å². The Balaban J connectivity index is 2.46. The SMILES string of the molecule is CCC1CCCCC1C(CCC(C)OC)NN. The van der Waals surface area contributed by atoms with Gasteiger partial charge >= 0.3 is 0 Å². The van der Waals surface area contributed by atoms with Crippen molar-refractivity contribution >= 4 is 0 Å². The van der Waals surface area contributed by atoms with Crippen molar-refractivity contribution < 1.29 is 4.74 Å². The maximum absolute atomic E-state index is 5.76. The summed E-state index contributed by atoms with van der Waals surface area (Å²) in [4.78, 5) is 0. The van der Waals surface area contributed by atoms with Crippen LogP contribution in [-0.2, 0) is 4.74 Å². The molecule has 0 radical (unpaired) electrons. The van der Waals surface area contributed by atoms with Gasteiger partial charge in [0.15, 0.2) is 0 Å². The molecule has 0 aliphatic heterocycles. The van der Waals surface area contributed by atoms with Crippen LogP contribution in [0.1, 0.15) is 58.8 Å². The predicted octanol–water partition coefficient (Wildman–Crippen LogP) is 2.85. The van der Waals surface area contributed by atoms with Crippen LogP contribution in [0.15, 0.2) is 0 Å². The fourth-order valence-corrected chi connectivity index (χ4v) is 3.23. The fourth-order valence-electron chi connectivity index (χ4n) is 3.23. The van der Waals surface area contributed by atoms with E-state index < -0.39 is 0 Å². The number of hydrogen-bond donors (Lipinski definition) is 2. The van der Waals surface area contributed by atoms with Gasteiger partial charge in [-0.05, 0) is 38.0 Å². The van der Waals surface area contributed by atoms with Gasteiger partial charge in [-0.2, -0.15) is 0 Å². The number of nitrogens with one attached hydrogen (secondary N) is 1. The lowest BCUT2D eigenvalue weighted by atomic mass is 9.73. The quantitative estimate of drug-likeness (QED) is 0.533. The van der Waals surface area contributed by atoms with Crippen LogP contribution in [-0.4, -0.2) is 19.3 Å². The summed E-state index contributed by atoms with van der Waals surface area (Å²) in [5.74, 6) is 7.39. The Bertz CT molecular complexity index is 199. The molecule has 0 aromatic rings. The van der Waals surface area contributed by atoms with E-state index in [0.29, 0.717) is 12.1 Å². The molecule has 1 saturated carbocycles. The monoisotopic (exact) mass is 242 g/mol. The molecule has 1 fully saturated rings. The Morgan fingerprint density at radius 1 is 1.29 bits per heavy atom. The molecule has 0 saturated heterocycles. The van der Waals surface area contributed by atoms with Gasteiger partial charge < -0.3 is 4.74 Å². The van der Waals surface area contributed by atoms with E-state index in [9.17, 15) is 0 Å². The van der Waals surface area contributed by atoms with Gasteiger partial charge in [0.2, 0.25) is 0 Å². The smallest absolute Gasteiger partial charge is 0.0543 e. The normalized spacial score (nSPS) is 28.9. The first-order chi connectivity index (χ1) is 8.22. The number of rotatable bonds is 7. The average molecular weight is 242 g/mol. The lowest BCUT2D eigenvalue weighted by Crippen LogP contribution is -2.45. The molecule has 0 bridgehead atoms. The van der Waals surface area contributed by atoms with Crippen molar-refractivity contribution in [2.45, 2.75) is 70.9 Å². The first-order valence-corrected chi connectivity index (χ1v) is 7.21. The second kappa shape index (κ2) is 8.06. The molecule has 3 nitrogen and oxygen atoms in total. The highest BCUT2D eigenvalue weighted by Crippen LogP contribution is 2.35. The van der Waals surface area contributed by atoms with Gasteiger partial charge in [-0.3, -0.25) is 11.3 Å². The van der Waals surface area contributed by atoms with Crippen LogP contribution < -0.4 is 11.3 Å². The lowest BCUT2D eigenvalue weighted by molar-refractivity contribution is 0.0951. The van der Waals surface area contributed by atoms with Crippen molar-refractivity contribution in [3.63, 3.8) is 0 Å². The van der Waals surface area contributed by atoms with Crippen LogP contribution in [0, 0.1) is 11.8 Å². The molecule has 4 atom stereocenters. The average Bonchev–Trinajstić information content (AvgIpc) is 2.39. The molecule has 3 N–H and O–H groups in total. The van der Waals surface area contributed by atoms with E-state index in [2.05, 4.69) is 19.3 Å². The van der Waals surface area contributed by atoms with Gasteiger partial charge in [-0.25, -0.2) is 0 Å². The topological polar surface area (TPSA) is 47.3 Å². The predicted molar refractivity (Wildman–Crippen MR) is 72.6 cm³/mol. The van der Waals surface area contributed by atoms with Gasteiger partial charge in [0.25, 0.3) is 0 Å². The first kappa shape index (κ1) is 14.9. The summed E-state index contributed by atoms with van der Waals surface area (Å²) in [6.07, 6.45) is 9.37. The van der Waals surface area contributed by atoms with Crippen LogP contribution >= 0.6 is 0 Å². The van der Waals surface area contributed by atoms with E-state index in [1.807, 2.05) is 0 Å². The molecule has 0 amide bonds. The fraction of sp³-hybridized carbons (Fsp3) is 1.00. The van der Waals surface area contributed by atoms with Gasteiger partial charge in [-0.15, -0.1) is 0 Å². The molecule has 1 aliphatic carbocycles. The molecule has 4 unspecified atom stereocenters. The third-order valence-corrected chi connectivity index (χ3v) is 4.51. The summed E-state index contributed by atoms with van der Waals surface area (Å²) in [6.45, 7) is 4.44. The van der Waals surface area contributed by atoms with E-state index in [4.69, 9.17) is 10.6 Å². The van der Waals surface area contributed by atoms with Gasteiger partial charge in [0.05, 0.1) is 6.10 Å². The minimum atomic E-state index is 0.342. The number of hydrazine groups is 1. The van der Waals surface area contributed by atoms with Crippen molar-refractivity contribution in [1.29, 1.82) is 0 Å². The molecule has 1 rings (SSSR count). The number of methoxy groups -OCH3 is 1. The van der Waals surface area contributed by atoms with Crippen LogP contribution in [0.25, 0.3) is 0 Å². The zero-order valence-corrected chi connectivity index (χ0v) is 11.7. The van der Waals surface area contributed by atoms with Crippen molar-refractivity contribution in [2.24, 2.45) is 17.7 Å². The van der Waals surface area contributed by atoms with Gasteiger partial charge in [-0.1, -0.05) is 32.6 Å². The maximum atomic E-state index is 5.76. The molecule has 0 spiro atoms. The van der Waals surface area contributed by atoms with Gasteiger partial charge in [0, 0.05) is 13.2 Å².